The van der Waals surface area contributed by atoms with Crippen molar-refractivity contribution in [2.45, 2.75) is 154 Å². The standard InChI is InChI=1S/C26H55NO2Si2/c1-13-16-24(29-31(11,12)26(6,7)8)20-22-18-15-17-21(27-22)19-23(14-2)28-30(9,10)25(3,4)5/h15,17,21-24,27H,13-14,16,18-20H2,1-12H3/t21-,22-,23+,24+/m0/s1. The maximum atomic E-state index is 6.84. The predicted octanol–water partition coefficient (Wildman–Crippen LogP) is 8.04. The zero-order valence-corrected chi connectivity index (χ0v) is 25.0. The zero-order valence-electron chi connectivity index (χ0n) is 23.0. The highest BCUT2D eigenvalue weighted by Gasteiger charge is 2.40. The lowest BCUT2D eigenvalue weighted by Crippen LogP contribution is -2.49. The molecule has 4 atom stereocenters. The molecule has 1 rings (SSSR count). The van der Waals surface area contributed by atoms with Crippen LogP contribution in [-0.4, -0.2) is 40.9 Å². The Balaban J connectivity index is 2.75. The van der Waals surface area contributed by atoms with Gasteiger partial charge in [0.1, 0.15) is 0 Å². The summed E-state index contributed by atoms with van der Waals surface area (Å²) in [4.78, 5) is 0. The second kappa shape index (κ2) is 11.5. The van der Waals surface area contributed by atoms with Crippen LogP contribution in [0.4, 0.5) is 0 Å². The van der Waals surface area contributed by atoms with Crippen LogP contribution in [0.25, 0.3) is 0 Å². The summed E-state index contributed by atoms with van der Waals surface area (Å²) < 4.78 is 13.6. The topological polar surface area (TPSA) is 30.5 Å². The van der Waals surface area contributed by atoms with Crippen molar-refractivity contribution in [1.29, 1.82) is 0 Å². The first kappa shape index (κ1) is 29.1. The fourth-order valence-electron chi connectivity index (χ4n) is 3.78. The molecule has 184 valence electrons. The highest BCUT2D eigenvalue weighted by atomic mass is 28.4. The van der Waals surface area contributed by atoms with Crippen molar-refractivity contribution in [3.63, 3.8) is 0 Å². The highest BCUT2D eigenvalue weighted by Crippen LogP contribution is 2.39. The van der Waals surface area contributed by atoms with Crippen LogP contribution in [0, 0.1) is 0 Å². The molecule has 1 aliphatic heterocycles. The smallest absolute Gasteiger partial charge is 0.192 e. The molecule has 0 aliphatic carbocycles. The van der Waals surface area contributed by atoms with Crippen molar-refractivity contribution >= 4 is 16.6 Å². The maximum Gasteiger partial charge on any atom is 0.192 e. The summed E-state index contributed by atoms with van der Waals surface area (Å²) in [6.07, 6.45) is 12.2. The minimum Gasteiger partial charge on any atom is -0.414 e. The average Bonchev–Trinajstić information content (AvgIpc) is 2.59. The molecule has 0 amide bonds. The zero-order chi connectivity index (χ0) is 24.1. The van der Waals surface area contributed by atoms with Crippen LogP contribution in [0.2, 0.25) is 36.3 Å². The lowest BCUT2D eigenvalue weighted by atomic mass is 9.96. The van der Waals surface area contributed by atoms with Crippen LogP contribution >= 0.6 is 0 Å². The number of nitrogens with one attached hydrogen (secondary N) is 1. The van der Waals surface area contributed by atoms with Crippen LogP contribution in [0.5, 0.6) is 0 Å². The molecule has 1 heterocycles. The van der Waals surface area contributed by atoms with Crippen molar-refractivity contribution in [1.82, 2.24) is 5.32 Å². The molecule has 0 aromatic rings. The van der Waals surface area contributed by atoms with Crippen LogP contribution < -0.4 is 5.32 Å². The van der Waals surface area contributed by atoms with E-state index in [9.17, 15) is 0 Å². The monoisotopic (exact) mass is 469 g/mol. The number of rotatable bonds is 11. The third kappa shape index (κ3) is 9.07. The van der Waals surface area contributed by atoms with Crippen molar-refractivity contribution < 1.29 is 8.85 Å². The summed E-state index contributed by atoms with van der Waals surface area (Å²) >= 11 is 0. The van der Waals surface area contributed by atoms with E-state index < -0.39 is 16.6 Å². The number of hydrogen-bond acceptors (Lipinski definition) is 3. The van der Waals surface area contributed by atoms with Gasteiger partial charge in [0, 0.05) is 24.3 Å². The Labute approximate surface area is 197 Å². The van der Waals surface area contributed by atoms with E-state index in [0.29, 0.717) is 24.3 Å². The molecule has 5 heteroatoms. The molecule has 31 heavy (non-hydrogen) atoms. The van der Waals surface area contributed by atoms with E-state index in [2.05, 4.69) is 99.0 Å². The quantitative estimate of drug-likeness (QED) is 0.245. The fourth-order valence-corrected chi connectivity index (χ4v) is 6.63. The Morgan fingerprint density at radius 3 is 1.84 bits per heavy atom. The molecule has 0 aromatic carbocycles. The van der Waals surface area contributed by atoms with Gasteiger partial charge >= 0.3 is 0 Å². The van der Waals surface area contributed by atoms with Crippen LogP contribution in [0.1, 0.15) is 93.9 Å². The first-order valence-corrected chi connectivity index (χ1v) is 18.6. The Hall–Kier alpha value is 0.0538. The number of hydrogen-bond donors (Lipinski definition) is 1. The van der Waals surface area contributed by atoms with Gasteiger partial charge in [-0.15, -0.1) is 0 Å². The van der Waals surface area contributed by atoms with Gasteiger partial charge in [-0.2, -0.15) is 0 Å². The van der Waals surface area contributed by atoms with Gasteiger partial charge in [-0.25, -0.2) is 0 Å². The van der Waals surface area contributed by atoms with Gasteiger partial charge < -0.3 is 14.2 Å². The summed E-state index contributed by atoms with van der Waals surface area (Å²) in [5, 5.41) is 4.46. The van der Waals surface area contributed by atoms with Gasteiger partial charge in [0.25, 0.3) is 0 Å². The molecule has 0 radical (unpaired) electrons. The van der Waals surface area contributed by atoms with Crippen molar-refractivity contribution in [3.8, 4) is 0 Å². The van der Waals surface area contributed by atoms with E-state index in [4.69, 9.17) is 8.85 Å². The molecular weight excluding hydrogens is 414 g/mol. The molecule has 0 unspecified atom stereocenters. The van der Waals surface area contributed by atoms with Gasteiger partial charge in [0.2, 0.25) is 0 Å². The van der Waals surface area contributed by atoms with Crippen LogP contribution in [0.15, 0.2) is 12.2 Å². The summed E-state index contributed by atoms with van der Waals surface area (Å²) in [7, 11) is -3.48. The minimum absolute atomic E-state index is 0.257. The van der Waals surface area contributed by atoms with E-state index >= 15 is 0 Å². The summed E-state index contributed by atoms with van der Waals surface area (Å²) in [5.41, 5.74) is 0. The highest BCUT2D eigenvalue weighted by molar-refractivity contribution is 6.74. The minimum atomic E-state index is -1.74. The molecule has 0 bridgehead atoms. The fraction of sp³-hybridized carbons (Fsp3) is 0.923. The van der Waals surface area contributed by atoms with Gasteiger partial charge in [0.05, 0.1) is 0 Å². The molecular formula is C26H55NO2Si2. The van der Waals surface area contributed by atoms with Gasteiger partial charge in [-0.05, 0) is 68.4 Å². The first-order chi connectivity index (χ1) is 14.0. The van der Waals surface area contributed by atoms with Crippen molar-refractivity contribution in [2.75, 3.05) is 0 Å². The molecule has 0 fully saturated rings. The second-order valence-electron chi connectivity index (χ2n) is 12.8. The second-order valence-corrected chi connectivity index (χ2v) is 22.3. The van der Waals surface area contributed by atoms with E-state index in [1.54, 1.807) is 0 Å². The maximum absolute atomic E-state index is 6.84. The predicted molar refractivity (Wildman–Crippen MR) is 143 cm³/mol. The van der Waals surface area contributed by atoms with Gasteiger partial charge in [0.15, 0.2) is 16.6 Å². The lowest BCUT2D eigenvalue weighted by molar-refractivity contribution is 0.134. The largest absolute Gasteiger partial charge is 0.414 e. The molecule has 0 saturated carbocycles. The van der Waals surface area contributed by atoms with E-state index in [1.807, 2.05) is 0 Å². The normalized spacial score (nSPS) is 23.1. The van der Waals surface area contributed by atoms with Gasteiger partial charge in [-0.3, -0.25) is 0 Å². The Bertz CT molecular complexity index is 561. The summed E-state index contributed by atoms with van der Waals surface area (Å²) in [6.45, 7) is 28.1. The molecule has 0 spiro atoms. The third-order valence-corrected chi connectivity index (χ3v) is 17.0. The Kier molecular flexibility index (Phi) is 10.8. The molecule has 0 saturated heterocycles. The SMILES string of the molecule is CCC[C@H](C[C@@H]1CC=C[C@@H](C[C@@H](CC)O[Si](C)(C)C(C)(C)C)N1)O[Si](C)(C)C(C)(C)C. The Morgan fingerprint density at radius 1 is 0.871 bits per heavy atom. The molecule has 0 aromatic heterocycles. The summed E-state index contributed by atoms with van der Waals surface area (Å²) in [5.74, 6) is 0. The lowest BCUT2D eigenvalue weighted by Gasteiger charge is -2.41. The van der Waals surface area contributed by atoms with Gasteiger partial charge in [-0.1, -0.05) is 74.0 Å². The van der Waals surface area contributed by atoms with Crippen molar-refractivity contribution in [3.05, 3.63) is 12.2 Å². The first-order valence-electron chi connectivity index (χ1n) is 12.8. The van der Waals surface area contributed by atoms with E-state index in [-0.39, 0.29) is 10.1 Å². The van der Waals surface area contributed by atoms with Crippen LogP contribution in [-0.2, 0) is 8.85 Å². The van der Waals surface area contributed by atoms with Crippen molar-refractivity contribution in [2.24, 2.45) is 0 Å². The Morgan fingerprint density at radius 2 is 1.39 bits per heavy atom. The van der Waals surface area contributed by atoms with E-state index in [0.717, 1.165) is 32.1 Å². The van der Waals surface area contributed by atoms with Crippen LogP contribution in [0.3, 0.4) is 0 Å². The molecule has 1 N–H and O–H groups in total. The van der Waals surface area contributed by atoms with E-state index in [1.165, 1.54) is 6.42 Å². The third-order valence-electron chi connectivity index (χ3n) is 7.90. The summed E-state index contributed by atoms with van der Waals surface area (Å²) in [6, 6.07) is 0.908. The molecule has 3 nitrogen and oxygen atoms in total. The average molecular weight is 470 g/mol. The molecule has 1 aliphatic rings.